The molecular weight excluding hydrogens is 180 g/mol. The summed E-state index contributed by atoms with van der Waals surface area (Å²) >= 11 is 6.04. The molecule has 0 radical (unpaired) electrons. The molecule has 0 saturated carbocycles. The maximum Gasteiger partial charge on any atom is 0.0444 e. The average molecular weight is 193 g/mol. The second-order valence-corrected chi connectivity index (χ2v) is 4.23. The highest BCUT2D eigenvalue weighted by Gasteiger charge is 2.12. The fraction of sp³-hybridized carbons (Fsp3) is 0.333. The smallest absolute Gasteiger partial charge is 0.0444 e. The summed E-state index contributed by atoms with van der Waals surface area (Å²) in [5.74, 6) is 0.602. The zero-order valence-corrected chi connectivity index (χ0v) is 8.73. The SMILES string of the molecule is CC(C)c1ccc2c(c1)CC=C2Cl. The summed E-state index contributed by atoms with van der Waals surface area (Å²) < 4.78 is 0. The van der Waals surface area contributed by atoms with E-state index in [0.717, 1.165) is 11.5 Å². The van der Waals surface area contributed by atoms with Gasteiger partial charge in [-0.2, -0.15) is 0 Å². The zero-order chi connectivity index (χ0) is 9.42. The van der Waals surface area contributed by atoms with Crippen LogP contribution < -0.4 is 0 Å². The second kappa shape index (κ2) is 3.19. The first kappa shape index (κ1) is 8.83. The van der Waals surface area contributed by atoms with E-state index in [4.69, 9.17) is 11.6 Å². The molecule has 13 heavy (non-hydrogen) atoms. The van der Waals surface area contributed by atoms with Gasteiger partial charge < -0.3 is 0 Å². The molecule has 1 aromatic rings. The first-order chi connectivity index (χ1) is 6.18. The number of rotatable bonds is 1. The maximum atomic E-state index is 6.04. The van der Waals surface area contributed by atoms with Crippen LogP contribution in [0.15, 0.2) is 24.3 Å². The number of allylic oxidation sites excluding steroid dienone is 1. The van der Waals surface area contributed by atoms with E-state index < -0.39 is 0 Å². The molecule has 1 heteroatoms. The van der Waals surface area contributed by atoms with Crippen molar-refractivity contribution in [3.05, 3.63) is 41.0 Å². The summed E-state index contributed by atoms with van der Waals surface area (Å²) in [6.07, 6.45) is 3.07. The van der Waals surface area contributed by atoms with Crippen LogP contribution in [-0.4, -0.2) is 0 Å². The lowest BCUT2D eigenvalue weighted by Crippen LogP contribution is -1.90. The van der Waals surface area contributed by atoms with Crippen LogP contribution in [0.25, 0.3) is 5.03 Å². The van der Waals surface area contributed by atoms with Crippen LogP contribution in [0.1, 0.15) is 36.5 Å². The number of hydrogen-bond acceptors (Lipinski definition) is 0. The normalized spacial score (nSPS) is 14.6. The van der Waals surface area contributed by atoms with Crippen molar-refractivity contribution in [1.29, 1.82) is 0 Å². The molecule has 0 nitrogen and oxygen atoms in total. The minimum atomic E-state index is 0.602. The van der Waals surface area contributed by atoms with E-state index in [9.17, 15) is 0 Å². The molecular formula is C12H13Cl. The molecule has 0 fully saturated rings. The first-order valence-corrected chi connectivity index (χ1v) is 5.05. The van der Waals surface area contributed by atoms with E-state index in [0.29, 0.717) is 5.92 Å². The Bertz CT molecular complexity index is 361. The lowest BCUT2D eigenvalue weighted by atomic mass is 9.98. The van der Waals surface area contributed by atoms with E-state index in [1.54, 1.807) is 0 Å². The standard InChI is InChI=1S/C12H13Cl/c1-8(2)9-3-5-11-10(7-9)4-6-12(11)13/h3,5-8H,4H2,1-2H3. The van der Waals surface area contributed by atoms with Gasteiger partial charge in [0.15, 0.2) is 0 Å². The van der Waals surface area contributed by atoms with Crippen molar-refractivity contribution >= 4 is 16.6 Å². The van der Waals surface area contributed by atoms with Gasteiger partial charge in [0.1, 0.15) is 0 Å². The van der Waals surface area contributed by atoms with E-state index >= 15 is 0 Å². The molecule has 1 aliphatic rings. The average Bonchev–Trinajstić information content (AvgIpc) is 2.47. The third-order valence-electron chi connectivity index (χ3n) is 2.55. The molecule has 68 valence electrons. The molecule has 0 N–H and O–H groups in total. The summed E-state index contributed by atoms with van der Waals surface area (Å²) in [6.45, 7) is 4.43. The van der Waals surface area contributed by atoms with Gasteiger partial charge in [-0.1, -0.05) is 49.7 Å². The Morgan fingerprint density at radius 2 is 2.08 bits per heavy atom. The topological polar surface area (TPSA) is 0 Å². The molecule has 0 saturated heterocycles. The van der Waals surface area contributed by atoms with Gasteiger partial charge >= 0.3 is 0 Å². The Morgan fingerprint density at radius 1 is 1.31 bits per heavy atom. The van der Waals surface area contributed by atoms with Gasteiger partial charge in [0.2, 0.25) is 0 Å². The molecule has 0 amide bonds. The van der Waals surface area contributed by atoms with E-state index in [1.165, 1.54) is 16.7 Å². The number of hydrogen-bond donors (Lipinski definition) is 0. The van der Waals surface area contributed by atoms with Crippen molar-refractivity contribution in [3.8, 4) is 0 Å². The third-order valence-corrected chi connectivity index (χ3v) is 2.91. The molecule has 0 heterocycles. The summed E-state index contributed by atoms with van der Waals surface area (Å²) in [4.78, 5) is 0. The van der Waals surface area contributed by atoms with E-state index in [2.05, 4.69) is 38.1 Å². The number of benzene rings is 1. The fourth-order valence-corrected chi connectivity index (χ4v) is 1.95. The lowest BCUT2D eigenvalue weighted by molar-refractivity contribution is 0.864. The fourth-order valence-electron chi connectivity index (χ4n) is 1.68. The van der Waals surface area contributed by atoms with Crippen LogP contribution >= 0.6 is 11.6 Å². The minimum Gasteiger partial charge on any atom is -0.0840 e. The predicted molar refractivity (Wildman–Crippen MR) is 58.1 cm³/mol. The molecule has 0 atom stereocenters. The molecule has 0 aromatic heterocycles. The summed E-state index contributed by atoms with van der Waals surface area (Å²) in [6, 6.07) is 6.58. The van der Waals surface area contributed by atoms with Crippen LogP contribution in [0.5, 0.6) is 0 Å². The zero-order valence-electron chi connectivity index (χ0n) is 7.97. The van der Waals surface area contributed by atoms with Crippen LogP contribution in [0, 0.1) is 0 Å². The molecule has 1 aliphatic carbocycles. The van der Waals surface area contributed by atoms with E-state index in [1.807, 2.05) is 0 Å². The van der Waals surface area contributed by atoms with Crippen molar-refractivity contribution in [2.75, 3.05) is 0 Å². The van der Waals surface area contributed by atoms with Crippen LogP contribution in [0.4, 0.5) is 0 Å². The number of fused-ring (bicyclic) bond motifs is 1. The van der Waals surface area contributed by atoms with Crippen LogP contribution in [-0.2, 0) is 6.42 Å². The third kappa shape index (κ3) is 1.51. The Hall–Kier alpha value is -0.750. The van der Waals surface area contributed by atoms with Crippen molar-refractivity contribution < 1.29 is 0 Å². The monoisotopic (exact) mass is 192 g/mol. The van der Waals surface area contributed by atoms with Gasteiger partial charge in [-0.3, -0.25) is 0 Å². The summed E-state index contributed by atoms with van der Waals surface area (Å²) in [7, 11) is 0. The Balaban J connectivity index is 2.44. The van der Waals surface area contributed by atoms with Crippen molar-refractivity contribution in [1.82, 2.24) is 0 Å². The molecule has 1 aromatic carbocycles. The highest BCUT2D eigenvalue weighted by Crippen LogP contribution is 2.32. The van der Waals surface area contributed by atoms with Crippen LogP contribution in [0.2, 0.25) is 0 Å². The van der Waals surface area contributed by atoms with E-state index in [-0.39, 0.29) is 0 Å². The van der Waals surface area contributed by atoms with Gasteiger partial charge in [-0.25, -0.2) is 0 Å². The Morgan fingerprint density at radius 3 is 2.77 bits per heavy atom. The maximum absolute atomic E-state index is 6.04. The van der Waals surface area contributed by atoms with Gasteiger partial charge in [0, 0.05) is 5.03 Å². The predicted octanol–water partition coefficient (Wildman–Crippen LogP) is 3.95. The number of halogens is 1. The van der Waals surface area contributed by atoms with Gasteiger partial charge in [-0.05, 0) is 29.0 Å². The summed E-state index contributed by atoms with van der Waals surface area (Å²) in [5, 5.41) is 0.908. The molecule has 0 bridgehead atoms. The molecule has 0 aliphatic heterocycles. The second-order valence-electron chi connectivity index (χ2n) is 3.83. The van der Waals surface area contributed by atoms with Crippen molar-refractivity contribution in [2.45, 2.75) is 26.2 Å². The summed E-state index contributed by atoms with van der Waals surface area (Å²) in [5.41, 5.74) is 3.99. The minimum absolute atomic E-state index is 0.602. The Kier molecular flexibility index (Phi) is 2.17. The van der Waals surface area contributed by atoms with Gasteiger partial charge in [0.25, 0.3) is 0 Å². The van der Waals surface area contributed by atoms with Crippen molar-refractivity contribution in [2.24, 2.45) is 0 Å². The Labute approximate surface area is 84.2 Å². The molecule has 0 spiro atoms. The van der Waals surface area contributed by atoms with Gasteiger partial charge in [-0.15, -0.1) is 0 Å². The van der Waals surface area contributed by atoms with Gasteiger partial charge in [0.05, 0.1) is 0 Å². The van der Waals surface area contributed by atoms with Crippen molar-refractivity contribution in [3.63, 3.8) is 0 Å². The van der Waals surface area contributed by atoms with Crippen LogP contribution in [0.3, 0.4) is 0 Å². The highest BCUT2D eigenvalue weighted by molar-refractivity contribution is 6.49. The first-order valence-electron chi connectivity index (χ1n) is 4.67. The lowest BCUT2D eigenvalue weighted by Gasteiger charge is -2.08. The quantitative estimate of drug-likeness (QED) is 0.632. The molecule has 2 rings (SSSR count). The largest absolute Gasteiger partial charge is 0.0840 e. The molecule has 0 unspecified atom stereocenters. The highest BCUT2D eigenvalue weighted by atomic mass is 35.5.